The van der Waals surface area contributed by atoms with Gasteiger partial charge in [-0.3, -0.25) is 4.79 Å². The van der Waals surface area contributed by atoms with Crippen LogP contribution in [0.4, 0.5) is 0 Å². The molecular formula is C12H13NO4S3. The van der Waals surface area contributed by atoms with Crippen LogP contribution < -0.4 is 0 Å². The summed E-state index contributed by atoms with van der Waals surface area (Å²) < 4.78 is 40.6. The standard InChI is InChI=1S/C12H13NO4S3/c1-18-12(13-19(2,3)15)11-10(14)8-6-4-5-7-9(8)20(11,16)17/h4-7H,1-3H3/b12-11-. The molecule has 1 aliphatic heterocycles. The van der Waals surface area contributed by atoms with E-state index in [9.17, 15) is 17.4 Å². The molecule has 8 heteroatoms. The summed E-state index contributed by atoms with van der Waals surface area (Å²) in [6.07, 6.45) is 4.38. The van der Waals surface area contributed by atoms with Crippen LogP contribution in [-0.4, -0.2) is 37.2 Å². The third-order valence-corrected chi connectivity index (χ3v) is 5.99. The number of benzene rings is 1. The Labute approximate surface area is 122 Å². The summed E-state index contributed by atoms with van der Waals surface area (Å²) in [6, 6.07) is 6.03. The second kappa shape index (κ2) is 5.01. The van der Waals surface area contributed by atoms with Gasteiger partial charge in [0.05, 0.1) is 4.90 Å². The fourth-order valence-corrected chi connectivity index (χ4v) is 5.63. The molecular weight excluding hydrogens is 318 g/mol. The van der Waals surface area contributed by atoms with Crippen LogP contribution in [0, 0.1) is 0 Å². The third kappa shape index (κ3) is 2.55. The van der Waals surface area contributed by atoms with E-state index in [1.807, 2.05) is 0 Å². The molecule has 1 heterocycles. The van der Waals surface area contributed by atoms with Crippen LogP contribution in [0.5, 0.6) is 0 Å². The number of sulfone groups is 1. The number of allylic oxidation sites excluding steroid dienone is 1. The molecule has 0 fully saturated rings. The zero-order chi connectivity index (χ0) is 15.1. The maximum atomic E-state index is 12.4. The number of carbonyl (C=O) groups is 1. The molecule has 1 aliphatic rings. The first-order valence-electron chi connectivity index (χ1n) is 5.52. The van der Waals surface area contributed by atoms with E-state index < -0.39 is 25.3 Å². The minimum Gasteiger partial charge on any atom is -0.288 e. The highest BCUT2D eigenvalue weighted by atomic mass is 32.2. The van der Waals surface area contributed by atoms with Gasteiger partial charge in [-0.05, 0) is 18.4 Å². The molecule has 0 bridgehead atoms. The molecule has 1 aromatic rings. The van der Waals surface area contributed by atoms with Crippen molar-refractivity contribution in [2.24, 2.45) is 4.36 Å². The molecule has 1 aromatic carbocycles. The fraction of sp³-hybridized carbons (Fsp3) is 0.250. The van der Waals surface area contributed by atoms with E-state index in [0.717, 1.165) is 11.8 Å². The predicted octanol–water partition coefficient (Wildman–Crippen LogP) is 1.92. The van der Waals surface area contributed by atoms with Crippen molar-refractivity contribution in [2.75, 3.05) is 18.8 Å². The highest BCUT2D eigenvalue weighted by molar-refractivity contribution is 8.05. The van der Waals surface area contributed by atoms with E-state index in [4.69, 9.17) is 0 Å². The summed E-state index contributed by atoms with van der Waals surface area (Å²) in [5, 5.41) is 0.00111. The normalized spacial score (nSPS) is 19.6. The van der Waals surface area contributed by atoms with E-state index in [2.05, 4.69) is 4.36 Å². The summed E-state index contributed by atoms with van der Waals surface area (Å²) in [6.45, 7) is 0. The smallest absolute Gasteiger partial charge is 0.213 e. The first-order chi connectivity index (χ1) is 9.18. The molecule has 0 saturated carbocycles. The van der Waals surface area contributed by atoms with Gasteiger partial charge in [0.15, 0.2) is 4.91 Å². The molecule has 0 spiro atoms. The van der Waals surface area contributed by atoms with E-state index in [-0.39, 0.29) is 20.4 Å². The molecule has 0 radical (unpaired) electrons. The number of rotatable bonds is 2. The Hall–Kier alpha value is -1.12. The maximum absolute atomic E-state index is 12.4. The molecule has 0 saturated heterocycles. The Morgan fingerprint density at radius 1 is 1.25 bits per heavy atom. The number of hydrogen-bond acceptors (Lipinski definition) is 6. The lowest BCUT2D eigenvalue weighted by atomic mass is 10.1. The number of nitrogens with zero attached hydrogens (tertiary/aromatic N) is 1. The van der Waals surface area contributed by atoms with Gasteiger partial charge in [-0.15, -0.1) is 11.8 Å². The van der Waals surface area contributed by atoms with Crippen molar-refractivity contribution >= 4 is 37.1 Å². The minimum absolute atomic E-state index is 0.00111. The average Bonchev–Trinajstić information content (AvgIpc) is 2.55. The van der Waals surface area contributed by atoms with Gasteiger partial charge >= 0.3 is 0 Å². The molecule has 108 valence electrons. The second-order valence-electron chi connectivity index (χ2n) is 4.44. The lowest BCUT2D eigenvalue weighted by Gasteiger charge is -2.03. The van der Waals surface area contributed by atoms with Crippen molar-refractivity contribution in [3.8, 4) is 0 Å². The molecule has 20 heavy (non-hydrogen) atoms. The molecule has 0 aliphatic carbocycles. The quantitative estimate of drug-likeness (QED) is 0.773. The Kier molecular flexibility index (Phi) is 3.83. The molecule has 2 rings (SSSR count). The van der Waals surface area contributed by atoms with Gasteiger partial charge in [0.2, 0.25) is 15.6 Å². The second-order valence-corrected chi connectivity index (χ2v) is 9.63. The highest BCUT2D eigenvalue weighted by Gasteiger charge is 2.41. The molecule has 0 unspecified atom stereocenters. The van der Waals surface area contributed by atoms with E-state index in [1.165, 1.54) is 24.6 Å². The van der Waals surface area contributed by atoms with Crippen molar-refractivity contribution in [3.05, 3.63) is 39.8 Å². The first kappa shape index (κ1) is 15.3. The van der Waals surface area contributed by atoms with Crippen molar-refractivity contribution in [2.45, 2.75) is 4.90 Å². The number of thioether (sulfide) groups is 1. The van der Waals surface area contributed by atoms with Gasteiger partial charge in [0.1, 0.15) is 5.03 Å². The van der Waals surface area contributed by atoms with E-state index in [0.29, 0.717) is 0 Å². The van der Waals surface area contributed by atoms with Crippen LogP contribution in [0.15, 0.2) is 43.5 Å². The Bertz CT molecular complexity index is 835. The summed E-state index contributed by atoms with van der Waals surface area (Å²) in [5.74, 6) is -0.586. The zero-order valence-corrected chi connectivity index (χ0v) is 13.6. The predicted molar refractivity (Wildman–Crippen MR) is 80.9 cm³/mol. The van der Waals surface area contributed by atoms with Gasteiger partial charge in [-0.2, -0.15) is 4.36 Å². The van der Waals surface area contributed by atoms with Gasteiger partial charge in [0.25, 0.3) is 0 Å². The van der Waals surface area contributed by atoms with Crippen LogP contribution in [0.25, 0.3) is 0 Å². The number of carbonyl (C=O) groups excluding carboxylic acids is 1. The molecule has 0 aromatic heterocycles. The van der Waals surface area contributed by atoms with Gasteiger partial charge in [-0.1, -0.05) is 12.1 Å². The van der Waals surface area contributed by atoms with Crippen LogP contribution in [-0.2, 0) is 19.6 Å². The van der Waals surface area contributed by atoms with Gasteiger partial charge in [0, 0.05) is 27.8 Å². The summed E-state index contributed by atoms with van der Waals surface area (Å²) in [4.78, 5) is 11.9. The Morgan fingerprint density at radius 3 is 2.35 bits per heavy atom. The minimum atomic E-state index is -3.89. The lowest BCUT2D eigenvalue weighted by molar-refractivity contribution is 0.104. The van der Waals surface area contributed by atoms with Crippen molar-refractivity contribution in [3.63, 3.8) is 0 Å². The van der Waals surface area contributed by atoms with Crippen LogP contribution in [0.2, 0.25) is 0 Å². The zero-order valence-electron chi connectivity index (χ0n) is 11.1. The van der Waals surface area contributed by atoms with Crippen LogP contribution >= 0.6 is 11.8 Å². The largest absolute Gasteiger partial charge is 0.288 e. The van der Waals surface area contributed by atoms with Gasteiger partial charge in [-0.25, -0.2) is 12.6 Å². The summed E-state index contributed by atoms with van der Waals surface area (Å²) in [5.41, 5.74) is 0.142. The number of ketones is 1. The molecule has 0 atom stereocenters. The topological polar surface area (TPSA) is 80.6 Å². The van der Waals surface area contributed by atoms with Crippen molar-refractivity contribution in [1.29, 1.82) is 0 Å². The average molecular weight is 331 g/mol. The monoisotopic (exact) mass is 331 g/mol. The number of fused-ring (bicyclic) bond motifs is 1. The summed E-state index contributed by atoms with van der Waals surface area (Å²) in [7, 11) is -6.44. The Morgan fingerprint density at radius 2 is 1.85 bits per heavy atom. The number of Topliss-reactive ketones (excluding diaryl/α,β-unsaturated/α-hetero) is 1. The van der Waals surface area contributed by atoms with Gasteiger partial charge < -0.3 is 0 Å². The Balaban J connectivity index is 2.85. The maximum Gasteiger partial charge on any atom is 0.213 e. The molecule has 0 amide bonds. The van der Waals surface area contributed by atoms with E-state index >= 15 is 0 Å². The van der Waals surface area contributed by atoms with Crippen LogP contribution in [0.1, 0.15) is 10.4 Å². The van der Waals surface area contributed by atoms with E-state index in [1.54, 1.807) is 18.4 Å². The lowest BCUT2D eigenvalue weighted by Crippen LogP contribution is -2.06. The van der Waals surface area contributed by atoms with Crippen molar-refractivity contribution < 1.29 is 17.4 Å². The molecule has 5 nitrogen and oxygen atoms in total. The molecule has 0 N–H and O–H groups in total. The third-order valence-electron chi connectivity index (χ3n) is 2.59. The SMILES string of the molecule is CS/C(N=S(C)(C)=O)=C1/C(=O)c2ccccc2S1(=O)=O. The number of hydrogen-bond donors (Lipinski definition) is 0. The highest BCUT2D eigenvalue weighted by Crippen LogP contribution is 2.38. The first-order valence-corrected chi connectivity index (χ1v) is 10.6. The summed E-state index contributed by atoms with van der Waals surface area (Å²) >= 11 is 1.00. The van der Waals surface area contributed by atoms with Crippen molar-refractivity contribution in [1.82, 2.24) is 0 Å². The van der Waals surface area contributed by atoms with Crippen LogP contribution in [0.3, 0.4) is 0 Å². The fourth-order valence-electron chi connectivity index (χ4n) is 1.83.